The molecule has 28 heavy (non-hydrogen) atoms. The first-order chi connectivity index (χ1) is 13.1. The fourth-order valence-corrected chi connectivity index (χ4v) is 4.13. The van der Waals surface area contributed by atoms with Gasteiger partial charge in [0.1, 0.15) is 23.3 Å². The van der Waals surface area contributed by atoms with E-state index in [0.29, 0.717) is 5.39 Å². The van der Waals surface area contributed by atoms with Crippen LogP contribution in [0.4, 0.5) is 0 Å². The Bertz CT molecular complexity index is 1060. The Balaban J connectivity index is 1.71. The summed E-state index contributed by atoms with van der Waals surface area (Å²) < 4.78 is 7.27. The number of aliphatic hydroxyl groups excluding tert-OH is 1. The van der Waals surface area contributed by atoms with E-state index in [1.807, 2.05) is 26.8 Å². The van der Waals surface area contributed by atoms with Gasteiger partial charge in [-0.15, -0.1) is 11.3 Å². The molecule has 0 fully saturated rings. The van der Waals surface area contributed by atoms with Gasteiger partial charge in [-0.05, 0) is 48.9 Å². The summed E-state index contributed by atoms with van der Waals surface area (Å²) in [5.74, 6) is 0.747. The van der Waals surface area contributed by atoms with Gasteiger partial charge in [0.15, 0.2) is 0 Å². The number of thiophene rings is 1. The van der Waals surface area contributed by atoms with Crippen LogP contribution in [0.2, 0.25) is 0 Å². The van der Waals surface area contributed by atoms with Crippen molar-refractivity contribution in [1.29, 1.82) is 0 Å². The standard InChI is InChI=1S/C22H28N2O3S/c1-13-9-16(22(4,5)6)7-8-18(13)27-11-17(25)10-24-12-23-20-19(21(24)26)14(2)15(3)28-20/h7-9,12,17,25H,10-11H2,1-6H3. The SMILES string of the molecule is Cc1cc(C(C)(C)C)ccc1OCC(O)Cn1cnc2sc(C)c(C)c2c1=O. The molecule has 6 heteroatoms. The van der Waals surface area contributed by atoms with Crippen LogP contribution in [0.5, 0.6) is 5.75 Å². The van der Waals surface area contributed by atoms with Crippen molar-refractivity contribution in [2.24, 2.45) is 0 Å². The van der Waals surface area contributed by atoms with Crippen molar-refractivity contribution in [3.8, 4) is 5.75 Å². The molecule has 0 radical (unpaired) electrons. The molecular weight excluding hydrogens is 372 g/mol. The molecule has 0 saturated carbocycles. The van der Waals surface area contributed by atoms with Crippen LogP contribution in [0.15, 0.2) is 29.3 Å². The zero-order valence-corrected chi connectivity index (χ0v) is 18.2. The number of aryl methyl sites for hydroxylation is 3. The third-order valence-corrected chi connectivity index (χ3v) is 6.15. The van der Waals surface area contributed by atoms with Crippen LogP contribution in [-0.4, -0.2) is 27.4 Å². The van der Waals surface area contributed by atoms with Gasteiger partial charge in [0, 0.05) is 4.88 Å². The molecule has 0 amide bonds. The van der Waals surface area contributed by atoms with E-state index in [2.05, 4.69) is 37.9 Å². The van der Waals surface area contributed by atoms with E-state index in [-0.39, 0.29) is 24.1 Å². The molecule has 0 aliphatic heterocycles. The molecule has 1 aromatic carbocycles. The Morgan fingerprint density at radius 1 is 1.25 bits per heavy atom. The molecule has 5 nitrogen and oxygen atoms in total. The quantitative estimate of drug-likeness (QED) is 0.700. The van der Waals surface area contributed by atoms with Crippen LogP contribution >= 0.6 is 11.3 Å². The third kappa shape index (κ3) is 4.13. The van der Waals surface area contributed by atoms with Crippen molar-refractivity contribution in [3.63, 3.8) is 0 Å². The molecule has 0 aliphatic rings. The summed E-state index contributed by atoms with van der Waals surface area (Å²) in [6.45, 7) is 12.7. The van der Waals surface area contributed by atoms with Gasteiger partial charge in [-0.2, -0.15) is 0 Å². The molecule has 3 aromatic rings. The smallest absolute Gasteiger partial charge is 0.262 e. The lowest BCUT2D eigenvalue weighted by molar-refractivity contribution is 0.0911. The van der Waals surface area contributed by atoms with E-state index < -0.39 is 6.10 Å². The summed E-state index contributed by atoms with van der Waals surface area (Å²) in [6, 6.07) is 6.12. The summed E-state index contributed by atoms with van der Waals surface area (Å²) in [4.78, 5) is 18.9. The molecule has 2 aromatic heterocycles. The molecule has 2 heterocycles. The molecule has 0 aliphatic carbocycles. The van der Waals surface area contributed by atoms with Gasteiger partial charge in [-0.1, -0.05) is 32.9 Å². The Hall–Kier alpha value is -2.18. The zero-order valence-electron chi connectivity index (χ0n) is 17.4. The number of aromatic nitrogens is 2. The highest BCUT2D eigenvalue weighted by atomic mass is 32.1. The molecule has 150 valence electrons. The van der Waals surface area contributed by atoms with Crippen molar-refractivity contribution in [2.45, 2.75) is 59.6 Å². The summed E-state index contributed by atoms with van der Waals surface area (Å²) in [6.07, 6.45) is 0.700. The van der Waals surface area contributed by atoms with Gasteiger partial charge in [0.05, 0.1) is 18.3 Å². The number of hydrogen-bond acceptors (Lipinski definition) is 5. The maximum absolute atomic E-state index is 12.7. The van der Waals surface area contributed by atoms with Crippen LogP contribution in [0.3, 0.4) is 0 Å². The van der Waals surface area contributed by atoms with E-state index in [1.54, 1.807) is 0 Å². The zero-order chi connectivity index (χ0) is 20.6. The fourth-order valence-electron chi connectivity index (χ4n) is 3.14. The Morgan fingerprint density at radius 2 is 1.96 bits per heavy atom. The molecule has 1 N–H and O–H groups in total. The van der Waals surface area contributed by atoms with Crippen LogP contribution in [-0.2, 0) is 12.0 Å². The van der Waals surface area contributed by atoms with E-state index in [0.717, 1.165) is 26.6 Å². The molecule has 0 saturated heterocycles. The van der Waals surface area contributed by atoms with Gasteiger partial charge in [-0.25, -0.2) is 4.98 Å². The fraction of sp³-hybridized carbons (Fsp3) is 0.455. The Labute approximate surface area is 169 Å². The maximum Gasteiger partial charge on any atom is 0.262 e. The first-order valence-electron chi connectivity index (χ1n) is 9.45. The van der Waals surface area contributed by atoms with E-state index in [4.69, 9.17) is 4.74 Å². The number of benzene rings is 1. The Morgan fingerprint density at radius 3 is 2.61 bits per heavy atom. The summed E-state index contributed by atoms with van der Waals surface area (Å²) >= 11 is 1.52. The first kappa shape index (κ1) is 20.6. The van der Waals surface area contributed by atoms with E-state index in [1.165, 1.54) is 27.8 Å². The lowest BCUT2D eigenvalue weighted by Crippen LogP contribution is -2.30. The van der Waals surface area contributed by atoms with Crippen LogP contribution < -0.4 is 10.3 Å². The third-order valence-electron chi connectivity index (χ3n) is 5.04. The minimum atomic E-state index is -0.807. The average molecular weight is 401 g/mol. The van der Waals surface area contributed by atoms with Crippen LogP contribution in [0.25, 0.3) is 10.2 Å². The van der Waals surface area contributed by atoms with Crippen molar-refractivity contribution < 1.29 is 9.84 Å². The van der Waals surface area contributed by atoms with Crippen molar-refractivity contribution >= 4 is 21.6 Å². The van der Waals surface area contributed by atoms with Gasteiger partial charge in [0.25, 0.3) is 5.56 Å². The molecule has 0 bridgehead atoms. The van der Waals surface area contributed by atoms with Gasteiger partial charge in [-0.3, -0.25) is 9.36 Å². The second-order valence-corrected chi connectivity index (χ2v) is 9.56. The Kier molecular flexibility index (Phi) is 5.64. The van der Waals surface area contributed by atoms with Gasteiger partial charge in [0.2, 0.25) is 0 Å². The van der Waals surface area contributed by atoms with Crippen molar-refractivity contribution in [3.05, 3.63) is 56.4 Å². The molecule has 1 atom stereocenters. The number of hydrogen-bond donors (Lipinski definition) is 1. The second-order valence-electron chi connectivity index (χ2n) is 8.36. The number of rotatable bonds is 5. The maximum atomic E-state index is 12.7. The highest BCUT2D eigenvalue weighted by molar-refractivity contribution is 7.18. The predicted molar refractivity (Wildman–Crippen MR) is 115 cm³/mol. The topological polar surface area (TPSA) is 64.3 Å². The highest BCUT2D eigenvalue weighted by Gasteiger charge is 2.17. The van der Waals surface area contributed by atoms with Crippen LogP contribution in [0, 0.1) is 20.8 Å². The highest BCUT2D eigenvalue weighted by Crippen LogP contribution is 2.28. The summed E-state index contributed by atoms with van der Waals surface area (Å²) in [7, 11) is 0. The van der Waals surface area contributed by atoms with Gasteiger partial charge < -0.3 is 9.84 Å². The number of ether oxygens (including phenoxy) is 1. The summed E-state index contributed by atoms with van der Waals surface area (Å²) in [5.41, 5.74) is 3.20. The van der Waals surface area contributed by atoms with Crippen LogP contribution in [0.1, 0.15) is 42.3 Å². The minimum Gasteiger partial charge on any atom is -0.491 e. The number of nitrogens with zero attached hydrogens (tertiary/aromatic N) is 2. The van der Waals surface area contributed by atoms with Crippen molar-refractivity contribution in [2.75, 3.05) is 6.61 Å². The lowest BCUT2D eigenvalue weighted by Gasteiger charge is -2.21. The average Bonchev–Trinajstić information content (AvgIpc) is 2.90. The second kappa shape index (κ2) is 7.68. The molecule has 1 unspecified atom stereocenters. The number of fused-ring (bicyclic) bond motifs is 1. The normalized spacial score (nSPS) is 13.1. The monoisotopic (exact) mass is 400 g/mol. The van der Waals surface area contributed by atoms with E-state index >= 15 is 0 Å². The minimum absolute atomic E-state index is 0.0771. The number of aliphatic hydroxyl groups is 1. The largest absolute Gasteiger partial charge is 0.491 e. The van der Waals surface area contributed by atoms with E-state index in [9.17, 15) is 9.90 Å². The van der Waals surface area contributed by atoms with Gasteiger partial charge >= 0.3 is 0 Å². The first-order valence-corrected chi connectivity index (χ1v) is 10.3. The molecule has 0 spiro atoms. The van der Waals surface area contributed by atoms with Crippen molar-refractivity contribution in [1.82, 2.24) is 9.55 Å². The predicted octanol–water partition coefficient (Wildman–Crippen LogP) is 4.12. The molecular formula is C22H28N2O3S. The lowest BCUT2D eigenvalue weighted by atomic mass is 9.86. The summed E-state index contributed by atoms with van der Waals surface area (Å²) in [5, 5.41) is 11.0. The molecule has 3 rings (SSSR count).